The Balaban J connectivity index is 4.60. The Morgan fingerprint density at radius 1 is 1.14 bits per heavy atom. The minimum Gasteiger partial charge on any atom is -0.468 e. The van der Waals surface area contributed by atoms with E-state index < -0.39 is 0 Å². The molecular weight excluding hydrogens is 268 g/mol. The number of nitrogens with zero attached hydrogens (tertiary/aromatic N) is 1. The van der Waals surface area contributed by atoms with E-state index in [1.807, 2.05) is 13.8 Å². The molecule has 5 nitrogen and oxygen atoms in total. The zero-order valence-corrected chi connectivity index (χ0v) is 14.6. The average molecular weight is 302 g/mol. The molecule has 0 aliphatic carbocycles. The summed E-state index contributed by atoms with van der Waals surface area (Å²) in [6.07, 6.45) is 2.98. The minimum absolute atomic E-state index is 0.181. The van der Waals surface area contributed by atoms with Gasteiger partial charge in [-0.2, -0.15) is 0 Å². The number of nitrogens with one attached hydrogen (secondary N) is 1. The van der Waals surface area contributed by atoms with E-state index in [2.05, 4.69) is 24.1 Å². The van der Waals surface area contributed by atoms with Gasteiger partial charge in [-0.3, -0.25) is 9.69 Å². The van der Waals surface area contributed by atoms with E-state index in [4.69, 9.17) is 9.47 Å². The summed E-state index contributed by atoms with van der Waals surface area (Å²) in [6, 6.07) is 0.557. The fourth-order valence-corrected chi connectivity index (χ4v) is 2.60. The number of hydrogen-bond acceptors (Lipinski definition) is 5. The number of methoxy groups -OCH3 is 2. The monoisotopic (exact) mass is 302 g/mol. The van der Waals surface area contributed by atoms with Crippen molar-refractivity contribution in [3.63, 3.8) is 0 Å². The lowest BCUT2D eigenvalue weighted by atomic mass is 10.1. The summed E-state index contributed by atoms with van der Waals surface area (Å²) in [5, 5.41) is 3.28. The first-order valence-corrected chi connectivity index (χ1v) is 8.06. The highest BCUT2D eigenvalue weighted by Crippen LogP contribution is 2.10. The van der Waals surface area contributed by atoms with Crippen molar-refractivity contribution in [1.29, 1.82) is 0 Å². The van der Waals surface area contributed by atoms with Gasteiger partial charge in [0.2, 0.25) is 0 Å². The zero-order chi connectivity index (χ0) is 16.3. The molecule has 0 spiro atoms. The Morgan fingerprint density at radius 3 is 2.19 bits per heavy atom. The van der Waals surface area contributed by atoms with Crippen LogP contribution in [0.4, 0.5) is 0 Å². The molecule has 1 unspecified atom stereocenters. The van der Waals surface area contributed by atoms with Gasteiger partial charge >= 0.3 is 5.97 Å². The van der Waals surface area contributed by atoms with Crippen LogP contribution in [0.5, 0.6) is 0 Å². The summed E-state index contributed by atoms with van der Waals surface area (Å²) >= 11 is 0. The molecule has 1 atom stereocenters. The summed E-state index contributed by atoms with van der Waals surface area (Å²) in [4.78, 5) is 14.3. The molecule has 0 radical (unpaired) electrons. The molecule has 126 valence electrons. The molecule has 21 heavy (non-hydrogen) atoms. The number of ether oxygens (including phenoxy) is 2. The van der Waals surface area contributed by atoms with Crippen molar-refractivity contribution in [2.24, 2.45) is 0 Å². The van der Waals surface area contributed by atoms with Gasteiger partial charge in [0.25, 0.3) is 0 Å². The van der Waals surface area contributed by atoms with Crippen LogP contribution < -0.4 is 5.32 Å². The van der Waals surface area contributed by atoms with Crippen LogP contribution in [0.3, 0.4) is 0 Å². The van der Waals surface area contributed by atoms with Gasteiger partial charge < -0.3 is 14.8 Å². The molecule has 0 aromatic rings. The van der Waals surface area contributed by atoms with Gasteiger partial charge in [-0.25, -0.2) is 0 Å². The molecule has 0 fully saturated rings. The first-order valence-electron chi connectivity index (χ1n) is 8.06. The van der Waals surface area contributed by atoms with Crippen LogP contribution in [0.1, 0.15) is 47.0 Å². The van der Waals surface area contributed by atoms with Crippen LogP contribution in [0.15, 0.2) is 0 Å². The standard InChI is InChI=1S/C16H34N2O3/c1-7-14(8-2)18(11-12-20-5)10-9-15(16(19)21-6)17-13(3)4/h13-15,17H,7-12H2,1-6H3. The molecule has 0 aliphatic heterocycles. The lowest BCUT2D eigenvalue weighted by molar-refractivity contribution is -0.143. The summed E-state index contributed by atoms with van der Waals surface area (Å²) in [6.45, 7) is 11.0. The third-order valence-corrected chi connectivity index (χ3v) is 3.77. The van der Waals surface area contributed by atoms with E-state index in [1.165, 1.54) is 7.11 Å². The molecule has 0 aliphatic rings. The summed E-state index contributed by atoms with van der Waals surface area (Å²) in [7, 11) is 3.17. The second kappa shape index (κ2) is 12.0. The number of esters is 1. The second-order valence-corrected chi connectivity index (χ2v) is 5.68. The van der Waals surface area contributed by atoms with Gasteiger partial charge in [-0.15, -0.1) is 0 Å². The lowest BCUT2D eigenvalue weighted by Gasteiger charge is -2.31. The number of carbonyl (C=O) groups excluding carboxylic acids is 1. The minimum atomic E-state index is -0.241. The van der Waals surface area contributed by atoms with Crippen LogP contribution in [-0.2, 0) is 14.3 Å². The van der Waals surface area contributed by atoms with Crippen molar-refractivity contribution in [1.82, 2.24) is 10.2 Å². The average Bonchev–Trinajstić information content (AvgIpc) is 2.47. The van der Waals surface area contributed by atoms with Gasteiger partial charge in [0.05, 0.1) is 13.7 Å². The molecule has 0 bridgehead atoms. The highest BCUT2D eigenvalue weighted by atomic mass is 16.5. The molecule has 0 heterocycles. The topological polar surface area (TPSA) is 50.8 Å². The van der Waals surface area contributed by atoms with Crippen molar-refractivity contribution in [3.8, 4) is 0 Å². The summed E-state index contributed by atoms with van der Waals surface area (Å²) < 4.78 is 10.1. The summed E-state index contributed by atoms with van der Waals surface area (Å²) in [5.41, 5.74) is 0. The quantitative estimate of drug-likeness (QED) is 0.559. The van der Waals surface area contributed by atoms with E-state index in [-0.39, 0.29) is 18.1 Å². The van der Waals surface area contributed by atoms with Crippen molar-refractivity contribution in [3.05, 3.63) is 0 Å². The first kappa shape index (κ1) is 20.3. The van der Waals surface area contributed by atoms with Gasteiger partial charge in [0, 0.05) is 32.3 Å². The van der Waals surface area contributed by atoms with E-state index in [0.29, 0.717) is 6.04 Å². The molecule has 0 saturated carbocycles. The zero-order valence-electron chi connectivity index (χ0n) is 14.6. The molecule has 0 aromatic heterocycles. The smallest absolute Gasteiger partial charge is 0.322 e. The predicted molar refractivity (Wildman–Crippen MR) is 86.5 cm³/mol. The van der Waals surface area contributed by atoms with Crippen molar-refractivity contribution in [2.45, 2.75) is 65.1 Å². The molecule has 0 saturated heterocycles. The van der Waals surface area contributed by atoms with Crippen LogP contribution in [0.25, 0.3) is 0 Å². The Bertz CT molecular complexity index is 268. The Morgan fingerprint density at radius 2 is 1.76 bits per heavy atom. The van der Waals surface area contributed by atoms with E-state index >= 15 is 0 Å². The van der Waals surface area contributed by atoms with Crippen LogP contribution in [-0.4, -0.2) is 62.9 Å². The van der Waals surface area contributed by atoms with E-state index in [0.717, 1.165) is 39.0 Å². The van der Waals surface area contributed by atoms with E-state index in [9.17, 15) is 4.79 Å². The second-order valence-electron chi connectivity index (χ2n) is 5.68. The van der Waals surface area contributed by atoms with E-state index in [1.54, 1.807) is 7.11 Å². The molecule has 0 rings (SSSR count). The van der Waals surface area contributed by atoms with Crippen molar-refractivity contribution in [2.75, 3.05) is 33.9 Å². The lowest BCUT2D eigenvalue weighted by Crippen LogP contribution is -2.45. The normalized spacial score (nSPS) is 13.2. The highest BCUT2D eigenvalue weighted by molar-refractivity contribution is 5.75. The molecule has 1 N–H and O–H groups in total. The molecule has 0 amide bonds. The maximum atomic E-state index is 11.9. The Hall–Kier alpha value is -0.650. The Kier molecular flexibility index (Phi) is 11.6. The van der Waals surface area contributed by atoms with Gasteiger partial charge in [-0.05, 0) is 19.3 Å². The SMILES string of the molecule is CCC(CC)N(CCOC)CCC(NC(C)C)C(=O)OC. The third-order valence-electron chi connectivity index (χ3n) is 3.77. The van der Waals surface area contributed by atoms with Crippen LogP contribution in [0, 0.1) is 0 Å². The van der Waals surface area contributed by atoms with Crippen LogP contribution >= 0.6 is 0 Å². The summed E-state index contributed by atoms with van der Waals surface area (Å²) in [5.74, 6) is -0.181. The Labute approximate surface area is 130 Å². The number of hydrogen-bond donors (Lipinski definition) is 1. The molecule has 5 heteroatoms. The van der Waals surface area contributed by atoms with Crippen LogP contribution in [0.2, 0.25) is 0 Å². The van der Waals surface area contributed by atoms with Crippen molar-refractivity contribution >= 4 is 5.97 Å². The first-order chi connectivity index (χ1) is 9.99. The predicted octanol–water partition coefficient (Wildman–Crippen LogP) is 2.05. The number of carbonyl (C=O) groups is 1. The third kappa shape index (κ3) is 8.39. The highest BCUT2D eigenvalue weighted by Gasteiger charge is 2.22. The fraction of sp³-hybridized carbons (Fsp3) is 0.938. The fourth-order valence-electron chi connectivity index (χ4n) is 2.60. The number of rotatable bonds is 12. The van der Waals surface area contributed by atoms with Gasteiger partial charge in [0.1, 0.15) is 6.04 Å². The van der Waals surface area contributed by atoms with Crippen molar-refractivity contribution < 1.29 is 14.3 Å². The molecular formula is C16H34N2O3. The maximum absolute atomic E-state index is 11.9. The van der Waals surface area contributed by atoms with Gasteiger partial charge in [-0.1, -0.05) is 27.7 Å². The molecule has 0 aromatic carbocycles. The largest absolute Gasteiger partial charge is 0.468 e. The maximum Gasteiger partial charge on any atom is 0.322 e. The van der Waals surface area contributed by atoms with Gasteiger partial charge in [0.15, 0.2) is 0 Å².